The Hall–Kier alpha value is -1.36. The van der Waals surface area contributed by atoms with Gasteiger partial charge in [0.15, 0.2) is 5.96 Å². The molecule has 1 fully saturated rings. The topological polar surface area (TPSA) is 60.2 Å². The number of nitriles is 1. The summed E-state index contributed by atoms with van der Waals surface area (Å²) < 4.78 is 13.8. The van der Waals surface area contributed by atoms with E-state index in [1.54, 1.807) is 19.2 Å². The van der Waals surface area contributed by atoms with Gasteiger partial charge in [-0.25, -0.2) is 4.39 Å². The zero-order valence-corrected chi connectivity index (χ0v) is 15.1. The summed E-state index contributed by atoms with van der Waals surface area (Å²) in [6.07, 6.45) is 6.12. The molecule has 0 aromatic heterocycles. The van der Waals surface area contributed by atoms with Crippen molar-refractivity contribution in [2.75, 3.05) is 7.05 Å². The highest BCUT2D eigenvalue weighted by Gasteiger charge is 2.14. The first-order valence-corrected chi connectivity index (χ1v) is 7.38. The molecule has 1 saturated carbocycles. The van der Waals surface area contributed by atoms with Crippen LogP contribution in [0.25, 0.3) is 0 Å². The van der Waals surface area contributed by atoms with E-state index in [0.717, 1.165) is 12.8 Å². The molecular formula is C16H22FIN4. The molecule has 0 spiro atoms. The second-order valence-corrected chi connectivity index (χ2v) is 5.32. The molecule has 0 amide bonds. The van der Waals surface area contributed by atoms with Crippen molar-refractivity contribution >= 4 is 29.9 Å². The number of nitrogens with one attached hydrogen (secondary N) is 2. The molecule has 1 aromatic rings. The van der Waals surface area contributed by atoms with E-state index in [1.165, 1.54) is 25.3 Å². The Morgan fingerprint density at radius 2 is 2.09 bits per heavy atom. The minimum atomic E-state index is -0.366. The van der Waals surface area contributed by atoms with Crippen LogP contribution in [0, 0.1) is 17.1 Å². The van der Waals surface area contributed by atoms with Gasteiger partial charge in [-0.1, -0.05) is 25.3 Å². The first kappa shape index (κ1) is 18.7. The Balaban J connectivity index is 0.00000242. The minimum Gasteiger partial charge on any atom is -0.354 e. The lowest BCUT2D eigenvalue weighted by Gasteiger charge is -2.24. The molecule has 0 bridgehead atoms. The van der Waals surface area contributed by atoms with Crippen LogP contribution in [0.2, 0.25) is 0 Å². The standard InChI is InChI=1S/C16H21FN4.HI/c1-19-16(21-14-5-3-2-4-6-14)20-11-13-8-7-12(10-18)9-15(13)17;/h7-9,14H,2-6,11H2,1H3,(H2,19,20,21);1H. The Bertz CT molecular complexity index is 548. The number of benzene rings is 1. The predicted molar refractivity (Wildman–Crippen MR) is 96.7 cm³/mol. The summed E-state index contributed by atoms with van der Waals surface area (Å²) in [6, 6.07) is 6.90. The summed E-state index contributed by atoms with van der Waals surface area (Å²) in [5, 5.41) is 15.2. The normalized spacial score (nSPS) is 15.6. The van der Waals surface area contributed by atoms with Gasteiger partial charge in [0.25, 0.3) is 0 Å². The zero-order chi connectivity index (χ0) is 15.1. The second-order valence-electron chi connectivity index (χ2n) is 5.32. The Morgan fingerprint density at radius 1 is 1.36 bits per heavy atom. The predicted octanol–water partition coefficient (Wildman–Crippen LogP) is 3.31. The SMILES string of the molecule is CN=C(NCc1ccc(C#N)cc1F)NC1CCCCC1.I. The van der Waals surface area contributed by atoms with E-state index in [2.05, 4.69) is 15.6 Å². The van der Waals surface area contributed by atoms with E-state index in [1.807, 2.05) is 6.07 Å². The molecule has 22 heavy (non-hydrogen) atoms. The van der Waals surface area contributed by atoms with E-state index in [9.17, 15) is 4.39 Å². The number of hydrogen-bond donors (Lipinski definition) is 2. The lowest BCUT2D eigenvalue weighted by Crippen LogP contribution is -2.43. The monoisotopic (exact) mass is 416 g/mol. The van der Waals surface area contributed by atoms with Gasteiger partial charge in [0.05, 0.1) is 11.6 Å². The number of hydrogen-bond acceptors (Lipinski definition) is 2. The van der Waals surface area contributed by atoms with Crippen molar-refractivity contribution in [2.45, 2.75) is 44.7 Å². The van der Waals surface area contributed by atoms with Gasteiger partial charge in [0.2, 0.25) is 0 Å². The molecule has 1 aliphatic carbocycles. The largest absolute Gasteiger partial charge is 0.354 e. The molecule has 2 N–H and O–H groups in total. The van der Waals surface area contributed by atoms with Crippen LogP contribution in [-0.2, 0) is 6.54 Å². The van der Waals surface area contributed by atoms with Gasteiger partial charge < -0.3 is 10.6 Å². The minimum absolute atomic E-state index is 0. The van der Waals surface area contributed by atoms with Gasteiger partial charge in [0, 0.05) is 25.2 Å². The van der Waals surface area contributed by atoms with Crippen molar-refractivity contribution in [1.29, 1.82) is 5.26 Å². The fourth-order valence-corrected chi connectivity index (χ4v) is 2.57. The molecule has 6 heteroatoms. The third-order valence-corrected chi connectivity index (χ3v) is 3.80. The van der Waals surface area contributed by atoms with Gasteiger partial charge in [-0.3, -0.25) is 4.99 Å². The number of nitrogens with zero attached hydrogens (tertiary/aromatic N) is 2. The Kier molecular flexibility index (Phi) is 8.17. The van der Waals surface area contributed by atoms with Crippen molar-refractivity contribution in [3.63, 3.8) is 0 Å². The summed E-state index contributed by atoms with van der Waals surface area (Å²) >= 11 is 0. The third-order valence-electron chi connectivity index (χ3n) is 3.80. The first-order valence-electron chi connectivity index (χ1n) is 7.38. The molecule has 0 heterocycles. The van der Waals surface area contributed by atoms with E-state index >= 15 is 0 Å². The molecule has 1 aromatic carbocycles. The molecule has 0 aliphatic heterocycles. The molecule has 0 atom stereocenters. The Morgan fingerprint density at radius 3 is 2.68 bits per heavy atom. The van der Waals surface area contributed by atoms with Gasteiger partial charge in [-0.15, -0.1) is 24.0 Å². The van der Waals surface area contributed by atoms with E-state index in [0.29, 0.717) is 29.7 Å². The fourth-order valence-electron chi connectivity index (χ4n) is 2.57. The summed E-state index contributed by atoms with van der Waals surface area (Å²) in [5.41, 5.74) is 0.863. The molecule has 0 unspecified atom stereocenters. The van der Waals surface area contributed by atoms with Crippen molar-refractivity contribution in [3.8, 4) is 6.07 Å². The zero-order valence-electron chi connectivity index (χ0n) is 12.7. The molecule has 120 valence electrons. The van der Waals surface area contributed by atoms with E-state index < -0.39 is 0 Å². The van der Waals surface area contributed by atoms with E-state index in [-0.39, 0.29) is 29.8 Å². The van der Waals surface area contributed by atoms with Crippen molar-refractivity contribution < 1.29 is 4.39 Å². The van der Waals surface area contributed by atoms with Crippen LogP contribution < -0.4 is 10.6 Å². The number of halogens is 2. The van der Waals surface area contributed by atoms with Crippen LogP contribution in [0.1, 0.15) is 43.2 Å². The van der Waals surface area contributed by atoms with E-state index in [4.69, 9.17) is 5.26 Å². The van der Waals surface area contributed by atoms with Gasteiger partial charge in [-0.05, 0) is 25.0 Å². The molecule has 1 aliphatic rings. The van der Waals surface area contributed by atoms with Crippen LogP contribution in [0.3, 0.4) is 0 Å². The molecule has 0 saturated heterocycles. The van der Waals surface area contributed by atoms with Gasteiger partial charge >= 0.3 is 0 Å². The number of guanidine groups is 1. The highest BCUT2D eigenvalue weighted by atomic mass is 127. The first-order chi connectivity index (χ1) is 10.2. The fraction of sp³-hybridized carbons (Fsp3) is 0.500. The van der Waals surface area contributed by atoms with Crippen LogP contribution in [0.5, 0.6) is 0 Å². The maximum absolute atomic E-state index is 13.8. The summed E-state index contributed by atoms with van der Waals surface area (Å²) in [4.78, 5) is 4.18. The molecule has 4 nitrogen and oxygen atoms in total. The Labute approximate surface area is 148 Å². The highest BCUT2D eigenvalue weighted by Crippen LogP contribution is 2.17. The van der Waals surface area contributed by atoms with Crippen molar-refractivity contribution in [1.82, 2.24) is 10.6 Å². The third kappa shape index (κ3) is 5.44. The summed E-state index contributed by atoms with van der Waals surface area (Å²) in [5.74, 6) is 0.334. The smallest absolute Gasteiger partial charge is 0.191 e. The highest BCUT2D eigenvalue weighted by molar-refractivity contribution is 14.0. The quantitative estimate of drug-likeness (QED) is 0.452. The van der Waals surface area contributed by atoms with Crippen molar-refractivity contribution in [2.24, 2.45) is 4.99 Å². The second kappa shape index (κ2) is 9.62. The number of rotatable bonds is 3. The van der Waals surface area contributed by atoms with Crippen LogP contribution in [0.4, 0.5) is 4.39 Å². The van der Waals surface area contributed by atoms with Crippen LogP contribution in [-0.4, -0.2) is 19.0 Å². The van der Waals surface area contributed by atoms with Crippen LogP contribution in [0.15, 0.2) is 23.2 Å². The van der Waals surface area contributed by atoms with Gasteiger partial charge in [0.1, 0.15) is 5.82 Å². The maximum atomic E-state index is 13.8. The lowest BCUT2D eigenvalue weighted by atomic mass is 9.96. The maximum Gasteiger partial charge on any atom is 0.191 e. The average molecular weight is 416 g/mol. The summed E-state index contributed by atoms with van der Waals surface area (Å²) in [6.45, 7) is 0.351. The summed E-state index contributed by atoms with van der Waals surface area (Å²) in [7, 11) is 1.72. The molecule has 2 rings (SSSR count). The molecule has 0 radical (unpaired) electrons. The van der Waals surface area contributed by atoms with Gasteiger partial charge in [-0.2, -0.15) is 5.26 Å². The average Bonchev–Trinajstić information content (AvgIpc) is 2.53. The van der Waals surface area contributed by atoms with Crippen LogP contribution >= 0.6 is 24.0 Å². The lowest BCUT2D eigenvalue weighted by molar-refractivity contribution is 0.410. The van der Waals surface area contributed by atoms with Crippen molar-refractivity contribution in [3.05, 3.63) is 35.1 Å². The number of aliphatic imine (C=N–C) groups is 1. The molecular weight excluding hydrogens is 394 g/mol.